The van der Waals surface area contributed by atoms with E-state index in [0.717, 1.165) is 21.8 Å². The number of carboxylic acid groups (broad SMARTS) is 1. The fraction of sp³-hybridized carbons (Fsp3) is 0.211. The Morgan fingerprint density at radius 3 is 2.74 bits per heavy atom. The smallest absolute Gasteiger partial charge is 0.407 e. The first-order chi connectivity index (χ1) is 13.0. The van der Waals surface area contributed by atoms with E-state index in [-0.39, 0.29) is 12.5 Å². The quantitative estimate of drug-likeness (QED) is 0.789. The summed E-state index contributed by atoms with van der Waals surface area (Å²) in [6, 6.07) is 9.38. The SMILES string of the molecule is COc1ccc(/C=C/C(=O)Nc2sc3c(c2C#N)CCN(C(=O)O)C3)cc1. The summed E-state index contributed by atoms with van der Waals surface area (Å²) in [7, 11) is 1.58. The second-order valence-electron chi connectivity index (χ2n) is 5.87. The van der Waals surface area contributed by atoms with Crippen molar-refractivity contribution in [3.63, 3.8) is 0 Å². The Labute approximate surface area is 160 Å². The monoisotopic (exact) mass is 383 g/mol. The van der Waals surface area contributed by atoms with E-state index in [9.17, 15) is 14.9 Å². The van der Waals surface area contributed by atoms with Crippen molar-refractivity contribution in [1.82, 2.24) is 4.90 Å². The lowest BCUT2D eigenvalue weighted by molar-refractivity contribution is -0.111. The molecule has 7 nitrogen and oxygen atoms in total. The minimum Gasteiger partial charge on any atom is -0.497 e. The zero-order valence-corrected chi connectivity index (χ0v) is 15.4. The van der Waals surface area contributed by atoms with Crippen LogP contribution in [0.1, 0.15) is 21.6 Å². The van der Waals surface area contributed by atoms with E-state index in [2.05, 4.69) is 11.4 Å². The van der Waals surface area contributed by atoms with E-state index >= 15 is 0 Å². The van der Waals surface area contributed by atoms with Crippen LogP contribution in [0.3, 0.4) is 0 Å². The highest BCUT2D eigenvalue weighted by Gasteiger charge is 2.27. The lowest BCUT2D eigenvalue weighted by atomic mass is 10.0. The number of methoxy groups -OCH3 is 1. The molecule has 3 rings (SSSR count). The molecule has 27 heavy (non-hydrogen) atoms. The first kappa shape index (κ1) is 18.5. The number of benzene rings is 1. The third-order valence-electron chi connectivity index (χ3n) is 4.22. The van der Waals surface area contributed by atoms with Crippen molar-refractivity contribution in [3.05, 3.63) is 51.9 Å². The molecule has 1 aliphatic rings. The van der Waals surface area contributed by atoms with Crippen LogP contribution < -0.4 is 10.1 Å². The summed E-state index contributed by atoms with van der Waals surface area (Å²) < 4.78 is 5.09. The van der Waals surface area contributed by atoms with Crippen LogP contribution in [-0.4, -0.2) is 35.7 Å². The zero-order chi connectivity index (χ0) is 19.4. The Morgan fingerprint density at radius 1 is 1.37 bits per heavy atom. The molecule has 1 aliphatic heterocycles. The molecule has 2 aromatic rings. The average molecular weight is 383 g/mol. The summed E-state index contributed by atoms with van der Waals surface area (Å²) in [6.45, 7) is 0.583. The van der Waals surface area contributed by atoms with Gasteiger partial charge in [-0.2, -0.15) is 5.26 Å². The number of ether oxygens (including phenoxy) is 1. The predicted octanol–water partition coefficient (Wildman–Crippen LogP) is 3.32. The van der Waals surface area contributed by atoms with Gasteiger partial charge in [-0.25, -0.2) is 4.79 Å². The van der Waals surface area contributed by atoms with Crippen LogP contribution in [0, 0.1) is 11.3 Å². The van der Waals surface area contributed by atoms with Gasteiger partial charge >= 0.3 is 6.09 Å². The number of rotatable bonds is 4. The average Bonchev–Trinajstić information content (AvgIpc) is 3.02. The van der Waals surface area contributed by atoms with Crippen LogP contribution in [-0.2, 0) is 17.8 Å². The summed E-state index contributed by atoms with van der Waals surface area (Å²) in [6.07, 6.45) is 2.55. The molecule has 2 N–H and O–H groups in total. The van der Waals surface area contributed by atoms with Crippen LogP contribution >= 0.6 is 11.3 Å². The molecule has 0 saturated heterocycles. The Kier molecular flexibility index (Phi) is 5.43. The fourth-order valence-electron chi connectivity index (χ4n) is 2.81. The van der Waals surface area contributed by atoms with E-state index in [1.165, 1.54) is 22.3 Å². The zero-order valence-electron chi connectivity index (χ0n) is 14.6. The first-order valence-corrected chi connectivity index (χ1v) is 8.99. The lowest BCUT2D eigenvalue weighted by Crippen LogP contribution is -2.34. The topological polar surface area (TPSA) is 103 Å². The van der Waals surface area contributed by atoms with Crippen molar-refractivity contribution in [3.8, 4) is 11.8 Å². The molecule has 0 unspecified atom stereocenters. The summed E-state index contributed by atoms with van der Waals surface area (Å²) in [5.41, 5.74) is 2.09. The normalized spacial score (nSPS) is 13.1. The van der Waals surface area contributed by atoms with Crippen molar-refractivity contribution in [2.75, 3.05) is 19.0 Å². The van der Waals surface area contributed by atoms with Gasteiger partial charge in [0.15, 0.2) is 0 Å². The number of amides is 2. The molecule has 2 amide bonds. The summed E-state index contributed by atoms with van der Waals surface area (Å²) in [5, 5.41) is 21.8. The largest absolute Gasteiger partial charge is 0.497 e. The van der Waals surface area contributed by atoms with Gasteiger partial charge in [0.05, 0.1) is 19.2 Å². The molecule has 0 fully saturated rings. The van der Waals surface area contributed by atoms with Crippen LogP contribution in [0.25, 0.3) is 6.08 Å². The molecule has 0 radical (unpaired) electrons. The minimum atomic E-state index is -0.986. The van der Waals surface area contributed by atoms with Gasteiger partial charge in [0.25, 0.3) is 0 Å². The summed E-state index contributed by atoms with van der Waals surface area (Å²) in [4.78, 5) is 25.5. The Hall–Kier alpha value is -3.31. The first-order valence-electron chi connectivity index (χ1n) is 8.17. The number of hydrogen-bond acceptors (Lipinski definition) is 5. The van der Waals surface area contributed by atoms with E-state index in [4.69, 9.17) is 9.84 Å². The fourth-order valence-corrected chi connectivity index (χ4v) is 4.03. The number of carbonyl (C=O) groups excluding carboxylic acids is 1. The predicted molar refractivity (Wildman–Crippen MR) is 102 cm³/mol. The molecule has 1 aromatic carbocycles. The van der Waals surface area contributed by atoms with E-state index < -0.39 is 6.09 Å². The number of nitriles is 1. The molecule has 8 heteroatoms. The van der Waals surface area contributed by atoms with Crippen LogP contribution in [0.4, 0.5) is 9.80 Å². The van der Waals surface area contributed by atoms with E-state index in [0.29, 0.717) is 23.5 Å². The molecular formula is C19H17N3O4S. The molecule has 0 bridgehead atoms. The third kappa shape index (κ3) is 4.10. The third-order valence-corrected chi connectivity index (χ3v) is 5.35. The maximum Gasteiger partial charge on any atom is 0.407 e. The van der Waals surface area contributed by atoms with Gasteiger partial charge in [0.2, 0.25) is 5.91 Å². The maximum absolute atomic E-state index is 12.2. The Balaban J connectivity index is 1.73. The van der Waals surface area contributed by atoms with Gasteiger partial charge < -0.3 is 20.1 Å². The number of thiophene rings is 1. The van der Waals surface area contributed by atoms with Gasteiger partial charge in [-0.1, -0.05) is 12.1 Å². The number of nitrogens with zero attached hydrogens (tertiary/aromatic N) is 2. The second kappa shape index (κ2) is 7.93. The molecule has 1 aromatic heterocycles. The van der Waals surface area contributed by atoms with Gasteiger partial charge in [0, 0.05) is 17.5 Å². The lowest BCUT2D eigenvalue weighted by Gasteiger charge is -2.23. The Morgan fingerprint density at radius 2 is 2.11 bits per heavy atom. The van der Waals surface area contributed by atoms with Crippen molar-refractivity contribution >= 4 is 34.4 Å². The highest BCUT2D eigenvalue weighted by Crippen LogP contribution is 2.36. The van der Waals surface area contributed by atoms with Crippen LogP contribution in [0.2, 0.25) is 0 Å². The number of fused-ring (bicyclic) bond motifs is 1. The van der Waals surface area contributed by atoms with Gasteiger partial charge in [-0.3, -0.25) is 4.79 Å². The summed E-state index contributed by atoms with van der Waals surface area (Å²) >= 11 is 1.25. The van der Waals surface area contributed by atoms with Crippen molar-refractivity contribution < 1.29 is 19.4 Å². The molecule has 0 atom stereocenters. The molecule has 0 saturated carbocycles. The van der Waals surface area contributed by atoms with Crippen molar-refractivity contribution in [2.24, 2.45) is 0 Å². The van der Waals surface area contributed by atoms with Crippen LogP contribution in [0.15, 0.2) is 30.3 Å². The van der Waals surface area contributed by atoms with E-state index in [1.54, 1.807) is 25.3 Å². The molecule has 2 heterocycles. The minimum absolute atomic E-state index is 0.238. The molecule has 138 valence electrons. The number of nitrogens with one attached hydrogen (secondary N) is 1. The summed E-state index contributed by atoms with van der Waals surface area (Å²) in [5.74, 6) is 0.380. The van der Waals surface area contributed by atoms with Crippen molar-refractivity contribution in [2.45, 2.75) is 13.0 Å². The maximum atomic E-state index is 12.2. The molecular weight excluding hydrogens is 366 g/mol. The van der Waals surface area contributed by atoms with Gasteiger partial charge in [-0.05, 0) is 35.8 Å². The van der Waals surface area contributed by atoms with E-state index in [1.807, 2.05) is 12.1 Å². The number of anilines is 1. The number of hydrogen-bond donors (Lipinski definition) is 2. The van der Waals surface area contributed by atoms with Crippen molar-refractivity contribution in [1.29, 1.82) is 5.26 Å². The highest BCUT2D eigenvalue weighted by atomic mass is 32.1. The van der Waals surface area contributed by atoms with Gasteiger partial charge in [-0.15, -0.1) is 11.3 Å². The standard InChI is InChI=1S/C19H17N3O4S/c1-26-13-5-2-12(3-6-13)4-7-17(23)21-18-15(10-20)14-8-9-22(19(24)25)11-16(14)27-18/h2-7H,8-9,11H2,1H3,(H,21,23)(H,24,25)/b7-4+. The second-order valence-corrected chi connectivity index (χ2v) is 6.97. The molecule has 0 spiro atoms. The highest BCUT2D eigenvalue weighted by molar-refractivity contribution is 7.16. The van der Waals surface area contributed by atoms with Crippen LogP contribution in [0.5, 0.6) is 5.75 Å². The molecule has 0 aliphatic carbocycles. The van der Waals surface area contributed by atoms with Gasteiger partial charge in [0.1, 0.15) is 16.8 Å². The number of carbonyl (C=O) groups is 2. The Bertz CT molecular complexity index is 941.